The Morgan fingerprint density at radius 3 is 2.83 bits per heavy atom. The summed E-state index contributed by atoms with van der Waals surface area (Å²) in [5, 5.41) is 27.6. The number of hydrogen-bond acceptors (Lipinski definition) is 6. The summed E-state index contributed by atoms with van der Waals surface area (Å²) in [4.78, 5) is 8.98. The van der Waals surface area contributed by atoms with Gasteiger partial charge in [0.15, 0.2) is 5.82 Å². The molecule has 0 bridgehead atoms. The Morgan fingerprint density at radius 2 is 2.07 bits per heavy atom. The summed E-state index contributed by atoms with van der Waals surface area (Å²) >= 11 is 1.46. The summed E-state index contributed by atoms with van der Waals surface area (Å²) in [5.74, 6) is -0.215. The Balaban J connectivity index is 1.55. The molecule has 0 saturated carbocycles. The second-order valence-corrected chi connectivity index (χ2v) is 8.23. The Hall–Kier alpha value is -3.41. The van der Waals surface area contributed by atoms with Gasteiger partial charge >= 0.3 is 0 Å². The molecule has 5 rings (SSSR count). The second kappa shape index (κ2) is 6.83. The molecule has 2 aromatic carbocycles. The summed E-state index contributed by atoms with van der Waals surface area (Å²) in [6, 6.07) is 13.7. The molecule has 2 aromatic heterocycles. The van der Waals surface area contributed by atoms with Crippen molar-refractivity contribution in [1.82, 2.24) is 19.7 Å². The molecule has 4 aromatic rings. The molecular formula is C22H16FN5OS. The molecule has 2 atom stereocenters. The number of aromatic nitrogens is 4. The standard InChI is InChI=1S/C22H16FN5OS/c1-13(21-27-19(10-30-21)15-4-2-14(9-24)3-5-15)22(29)11-28-20(25-12-26-28)17-8-16(23)6-7-18(17)22/h2-8,10,12-13,29H,11H2,1H3/t13?,22-/m1/s1. The third-order valence-corrected chi connectivity index (χ3v) is 6.64. The van der Waals surface area contributed by atoms with E-state index in [0.29, 0.717) is 22.5 Å². The lowest BCUT2D eigenvalue weighted by atomic mass is 9.78. The second-order valence-electron chi connectivity index (χ2n) is 7.34. The molecule has 0 aliphatic carbocycles. The fourth-order valence-corrected chi connectivity index (χ4v) is 4.86. The lowest BCUT2D eigenvalue weighted by Gasteiger charge is -2.38. The van der Waals surface area contributed by atoms with Gasteiger partial charge in [-0.15, -0.1) is 11.3 Å². The summed E-state index contributed by atoms with van der Waals surface area (Å²) < 4.78 is 15.6. The van der Waals surface area contributed by atoms with Gasteiger partial charge in [-0.25, -0.2) is 19.0 Å². The third kappa shape index (κ3) is 2.83. The Bertz CT molecular complexity index is 1290. The Morgan fingerprint density at radius 1 is 1.27 bits per heavy atom. The zero-order valence-electron chi connectivity index (χ0n) is 16.0. The van der Waals surface area contributed by atoms with Crippen LogP contribution in [-0.2, 0) is 12.1 Å². The molecular weight excluding hydrogens is 401 g/mol. The van der Waals surface area contributed by atoms with Crippen LogP contribution >= 0.6 is 11.3 Å². The molecule has 1 N–H and O–H groups in total. The zero-order valence-corrected chi connectivity index (χ0v) is 16.8. The van der Waals surface area contributed by atoms with E-state index in [4.69, 9.17) is 10.2 Å². The van der Waals surface area contributed by atoms with E-state index < -0.39 is 11.4 Å². The first-order valence-electron chi connectivity index (χ1n) is 9.36. The normalized spacial score (nSPS) is 18.3. The van der Waals surface area contributed by atoms with Crippen molar-refractivity contribution in [3.8, 4) is 28.7 Å². The van der Waals surface area contributed by atoms with Crippen LogP contribution in [0, 0.1) is 17.1 Å². The largest absolute Gasteiger partial charge is 0.382 e. The molecule has 0 radical (unpaired) electrons. The summed E-state index contributed by atoms with van der Waals surface area (Å²) in [6.07, 6.45) is 1.41. The van der Waals surface area contributed by atoms with Gasteiger partial charge in [0, 0.05) is 22.4 Å². The number of thiazole rings is 1. The third-order valence-electron chi connectivity index (χ3n) is 5.61. The first-order valence-corrected chi connectivity index (χ1v) is 10.2. The number of fused-ring (bicyclic) bond motifs is 3. The minimum atomic E-state index is -1.32. The van der Waals surface area contributed by atoms with Gasteiger partial charge < -0.3 is 5.11 Å². The van der Waals surface area contributed by atoms with E-state index in [9.17, 15) is 9.50 Å². The van der Waals surface area contributed by atoms with E-state index in [1.807, 2.05) is 24.4 Å². The van der Waals surface area contributed by atoms with Gasteiger partial charge in [0.25, 0.3) is 0 Å². The van der Waals surface area contributed by atoms with Gasteiger partial charge in [-0.2, -0.15) is 10.4 Å². The highest BCUT2D eigenvalue weighted by Gasteiger charge is 2.44. The van der Waals surface area contributed by atoms with Gasteiger partial charge in [-0.3, -0.25) is 0 Å². The summed E-state index contributed by atoms with van der Waals surface area (Å²) in [7, 11) is 0. The number of aliphatic hydroxyl groups is 1. The Labute approximate surface area is 175 Å². The number of rotatable bonds is 3. The fourth-order valence-electron chi connectivity index (χ4n) is 3.89. The molecule has 148 valence electrons. The van der Waals surface area contributed by atoms with Crippen LogP contribution < -0.4 is 0 Å². The van der Waals surface area contributed by atoms with Crippen LogP contribution in [0.15, 0.2) is 54.2 Å². The van der Waals surface area contributed by atoms with Crippen LogP contribution in [0.3, 0.4) is 0 Å². The van der Waals surface area contributed by atoms with Crippen molar-refractivity contribution in [2.45, 2.75) is 25.0 Å². The highest BCUT2D eigenvalue weighted by atomic mass is 32.1. The van der Waals surface area contributed by atoms with Crippen LogP contribution in [0.25, 0.3) is 22.6 Å². The Kier molecular flexibility index (Phi) is 4.24. The average Bonchev–Trinajstić information content (AvgIpc) is 3.43. The van der Waals surface area contributed by atoms with Crippen LogP contribution in [0.2, 0.25) is 0 Å². The number of nitriles is 1. The molecule has 3 heterocycles. The predicted molar refractivity (Wildman–Crippen MR) is 110 cm³/mol. The number of hydrogen-bond donors (Lipinski definition) is 1. The van der Waals surface area contributed by atoms with E-state index in [-0.39, 0.29) is 12.5 Å². The summed E-state index contributed by atoms with van der Waals surface area (Å²) in [6.45, 7) is 2.12. The minimum absolute atomic E-state index is 0.202. The monoisotopic (exact) mass is 417 g/mol. The quantitative estimate of drug-likeness (QED) is 0.543. The van der Waals surface area contributed by atoms with E-state index in [2.05, 4.69) is 16.2 Å². The van der Waals surface area contributed by atoms with Gasteiger partial charge in [0.2, 0.25) is 0 Å². The SMILES string of the molecule is CC(c1nc(-c2ccc(C#N)cc2)cs1)[C@]1(O)Cn2ncnc2-c2cc(F)ccc21. The van der Waals surface area contributed by atoms with Crippen molar-refractivity contribution in [3.05, 3.63) is 76.1 Å². The molecule has 1 aliphatic rings. The van der Waals surface area contributed by atoms with Crippen molar-refractivity contribution in [1.29, 1.82) is 5.26 Å². The first kappa shape index (κ1) is 18.6. The molecule has 0 fully saturated rings. The highest BCUT2D eigenvalue weighted by Crippen LogP contribution is 2.46. The molecule has 30 heavy (non-hydrogen) atoms. The van der Waals surface area contributed by atoms with E-state index in [1.54, 1.807) is 22.9 Å². The molecule has 6 nitrogen and oxygen atoms in total. The van der Waals surface area contributed by atoms with Crippen molar-refractivity contribution >= 4 is 11.3 Å². The number of benzene rings is 2. The van der Waals surface area contributed by atoms with Crippen LogP contribution in [0.4, 0.5) is 4.39 Å². The van der Waals surface area contributed by atoms with Gasteiger partial charge in [0.1, 0.15) is 17.7 Å². The van der Waals surface area contributed by atoms with Crippen molar-refractivity contribution < 1.29 is 9.50 Å². The lowest BCUT2D eigenvalue weighted by Crippen LogP contribution is -2.40. The predicted octanol–water partition coefficient (Wildman–Crippen LogP) is 4.08. The summed E-state index contributed by atoms with van der Waals surface area (Å²) in [5.41, 5.74) is 2.12. The molecule has 1 unspecified atom stereocenters. The highest BCUT2D eigenvalue weighted by molar-refractivity contribution is 7.10. The topological polar surface area (TPSA) is 87.6 Å². The lowest BCUT2D eigenvalue weighted by molar-refractivity contribution is -0.0102. The zero-order chi connectivity index (χ0) is 20.9. The average molecular weight is 417 g/mol. The molecule has 8 heteroatoms. The van der Waals surface area contributed by atoms with E-state index >= 15 is 0 Å². The number of nitrogens with zero attached hydrogens (tertiary/aromatic N) is 5. The smallest absolute Gasteiger partial charge is 0.158 e. The van der Waals surface area contributed by atoms with Crippen molar-refractivity contribution in [2.75, 3.05) is 0 Å². The van der Waals surface area contributed by atoms with Crippen molar-refractivity contribution in [2.24, 2.45) is 0 Å². The van der Waals surface area contributed by atoms with E-state index in [1.165, 1.54) is 29.8 Å². The molecule has 0 amide bonds. The van der Waals surface area contributed by atoms with Crippen LogP contribution in [0.5, 0.6) is 0 Å². The van der Waals surface area contributed by atoms with Gasteiger partial charge in [0.05, 0.1) is 28.9 Å². The molecule has 0 saturated heterocycles. The van der Waals surface area contributed by atoms with Crippen LogP contribution in [0.1, 0.15) is 29.0 Å². The van der Waals surface area contributed by atoms with Crippen molar-refractivity contribution in [3.63, 3.8) is 0 Å². The fraction of sp³-hybridized carbons (Fsp3) is 0.182. The van der Waals surface area contributed by atoms with Crippen LogP contribution in [-0.4, -0.2) is 24.9 Å². The number of halogens is 1. The maximum Gasteiger partial charge on any atom is 0.158 e. The first-order chi connectivity index (χ1) is 14.5. The molecule has 0 spiro atoms. The van der Waals surface area contributed by atoms with E-state index in [0.717, 1.165) is 16.3 Å². The molecule has 1 aliphatic heterocycles. The van der Waals surface area contributed by atoms with Gasteiger partial charge in [-0.1, -0.05) is 25.1 Å². The minimum Gasteiger partial charge on any atom is -0.382 e. The maximum absolute atomic E-state index is 13.9. The van der Waals surface area contributed by atoms with Gasteiger partial charge in [-0.05, 0) is 29.8 Å². The maximum atomic E-state index is 13.9.